The lowest BCUT2D eigenvalue weighted by atomic mass is 9.99. The van der Waals surface area contributed by atoms with Crippen LogP contribution in [0.5, 0.6) is 5.75 Å². The van der Waals surface area contributed by atoms with Gasteiger partial charge < -0.3 is 10.5 Å². The van der Waals surface area contributed by atoms with E-state index in [4.69, 9.17) is 45.3 Å². The van der Waals surface area contributed by atoms with Crippen molar-refractivity contribution >= 4 is 34.8 Å². The van der Waals surface area contributed by atoms with Crippen LogP contribution in [0, 0.1) is 0 Å². The summed E-state index contributed by atoms with van der Waals surface area (Å²) in [5, 5.41) is 1.69. The topological polar surface area (TPSA) is 35.2 Å². The minimum Gasteiger partial charge on any atom is -0.492 e. The van der Waals surface area contributed by atoms with Crippen molar-refractivity contribution in [3.63, 3.8) is 0 Å². The van der Waals surface area contributed by atoms with Crippen LogP contribution in [0.15, 0.2) is 36.4 Å². The Hall–Kier alpha value is -0.930. The van der Waals surface area contributed by atoms with Gasteiger partial charge >= 0.3 is 0 Å². The van der Waals surface area contributed by atoms with Crippen molar-refractivity contribution in [3.8, 4) is 5.75 Å². The van der Waals surface area contributed by atoms with Crippen LogP contribution in [-0.4, -0.2) is 6.61 Å². The molecule has 0 bridgehead atoms. The summed E-state index contributed by atoms with van der Waals surface area (Å²) in [6.45, 7) is 2.41. The van der Waals surface area contributed by atoms with Gasteiger partial charge in [-0.05, 0) is 36.2 Å². The molecule has 2 N–H and O–H groups in total. The molecule has 0 amide bonds. The molecule has 5 heteroatoms. The zero-order chi connectivity index (χ0) is 14.7. The van der Waals surface area contributed by atoms with Crippen molar-refractivity contribution in [2.24, 2.45) is 5.73 Å². The van der Waals surface area contributed by atoms with Gasteiger partial charge in [0, 0.05) is 16.1 Å². The summed E-state index contributed by atoms with van der Waals surface area (Å²) in [4.78, 5) is 0. The van der Waals surface area contributed by atoms with Gasteiger partial charge in [-0.3, -0.25) is 0 Å². The van der Waals surface area contributed by atoms with Crippen molar-refractivity contribution in [1.82, 2.24) is 0 Å². The number of hydrogen-bond acceptors (Lipinski definition) is 2. The van der Waals surface area contributed by atoms with Crippen LogP contribution in [0.4, 0.5) is 0 Å². The average molecular weight is 331 g/mol. The largest absolute Gasteiger partial charge is 0.492 e. The zero-order valence-corrected chi connectivity index (χ0v) is 13.1. The van der Waals surface area contributed by atoms with Crippen molar-refractivity contribution in [3.05, 3.63) is 62.6 Å². The monoisotopic (exact) mass is 329 g/mol. The van der Waals surface area contributed by atoms with E-state index in [1.165, 1.54) is 0 Å². The van der Waals surface area contributed by atoms with Gasteiger partial charge in [0.2, 0.25) is 0 Å². The minimum atomic E-state index is -0.368. The Morgan fingerprint density at radius 1 is 1.05 bits per heavy atom. The first-order valence-corrected chi connectivity index (χ1v) is 7.29. The molecule has 0 radical (unpaired) electrons. The summed E-state index contributed by atoms with van der Waals surface area (Å²) in [5.41, 5.74) is 7.90. The maximum absolute atomic E-state index is 6.27. The summed E-state index contributed by atoms with van der Waals surface area (Å²) >= 11 is 18.3. The highest BCUT2D eigenvalue weighted by Crippen LogP contribution is 2.35. The molecule has 0 aliphatic carbocycles. The van der Waals surface area contributed by atoms with E-state index in [0.717, 1.165) is 11.1 Å². The van der Waals surface area contributed by atoms with Crippen molar-refractivity contribution in [2.75, 3.05) is 6.61 Å². The van der Waals surface area contributed by atoms with E-state index in [1.54, 1.807) is 24.3 Å². The van der Waals surface area contributed by atoms with E-state index in [9.17, 15) is 0 Å². The second kappa shape index (κ2) is 6.68. The lowest BCUT2D eigenvalue weighted by Gasteiger charge is -2.16. The Bertz CT molecular complexity index is 599. The van der Waals surface area contributed by atoms with Gasteiger partial charge in [0.1, 0.15) is 5.75 Å². The van der Waals surface area contributed by atoms with E-state index in [-0.39, 0.29) is 6.04 Å². The Kier molecular flexibility index (Phi) is 5.17. The fraction of sp³-hybridized carbons (Fsp3) is 0.200. The van der Waals surface area contributed by atoms with E-state index in [0.29, 0.717) is 27.4 Å². The molecule has 1 atom stereocenters. The van der Waals surface area contributed by atoms with Gasteiger partial charge in [0.05, 0.1) is 17.7 Å². The molecule has 0 aliphatic rings. The van der Waals surface area contributed by atoms with E-state index in [1.807, 2.05) is 19.1 Å². The third kappa shape index (κ3) is 3.39. The molecule has 0 fully saturated rings. The molecule has 106 valence electrons. The van der Waals surface area contributed by atoms with E-state index in [2.05, 4.69) is 0 Å². The number of ether oxygens (including phenoxy) is 1. The maximum Gasteiger partial charge on any atom is 0.139 e. The Labute approximate surface area is 133 Å². The smallest absolute Gasteiger partial charge is 0.139 e. The minimum absolute atomic E-state index is 0.368. The fourth-order valence-electron chi connectivity index (χ4n) is 1.90. The first kappa shape index (κ1) is 15.5. The third-order valence-corrected chi connectivity index (χ3v) is 3.79. The number of rotatable bonds is 4. The molecule has 0 aromatic heterocycles. The van der Waals surface area contributed by atoms with Gasteiger partial charge in [-0.1, -0.05) is 46.9 Å². The zero-order valence-electron chi connectivity index (χ0n) is 10.9. The lowest BCUT2D eigenvalue weighted by molar-refractivity contribution is 0.340. The fourth-order valence-corrected chi connectivity index (χ4v) is 2.52. The molecule has 0 saturated carbocycles. The van der Waals surface area contributed by atoms with Crippen molar-refractivity contribution < 1.29 is 4.74 Å². The van der Waals surface area contributed by atoms with Gasteiger partial charge in [0.15, 0.2) is 0 Å². The predicted molar refractivity (Wildman–Crippen MR) is 85.1 cm³/mol. The third-order valence-electron chi connectivity index (χ3n) is 2.92. The van der Waals surface area contributed by atoms with Gasteiger partial charge in [0.25, 0.3) is 0 Å². The van der Waals surface area contributed by atoms with E-state index >= 15 is 0 Å². The summed E-state index contributed by atoms with van der Waals surface area (Å²) < 4.78 is 5.40. The lowest BCUT2D eigenvalue weighted by Crippen LogP contribution is -2.12. The number of hydrogen-bond donors (Lipinski definition) is 1. The number of nitrogens with two attached hydrogens (primary N) is 1. The SMILES string of the molecule is CCOc1cc(Cl)c(C(N)c2ccc(Cl)cc2)cc1Cl. The molecule has 0 spiro atoms. The molecule has 2 aromatic carbocycles. The summed E-state index contributed by atoms with van der Waals surface area (Å²) in [7, 11) is 0. The van der Waals surface area contributed by atoms with Crippen LogP contribution in [0.2, 0.25) is 15.1 Å². The summed E-state index contributed by atoms with van der Waals surface area (Å²) in [5.74, 6) is 0.561. The molecule has 2 rings (SSSR count). The highest BCUT2D eigenvalue weighted by molar-refractivity contribution is 6.34. The quantitative estimate of drug-likeness (QED) is 0.847. The summed E-state index contributed by atoms with van der Waals surface area (Å²) in [6.07, 6.45) is 0. The molecule has 0 saturated heterocycles. The maximum atomic E-state index is 6.27. The summed E-state index contributed by atoms with van der Waals surface area (Å²) in [6, 6.07) is 10.4. The molecule has 20 heavy (non-hydrogen) atoms. The predicted octanol–water partition coefficient (Wildman–Crippen LogP) is 5.09. The highest BCUT2D eigenvalue weighted by atomic mass is 35.5. The molecular formula is C15H14Cl3NO. The van der Waals surface area contributed by atoms with Crippen LogP contribution in [0.3, 0.4) is 0 Å². The molecule has 0 aliphatic heterocycles. The first-order valence-electron chi connectivity index (χ1n) is 6.15. The standard InChI is InChI=1S/C15H14Cl3NO/c1-2-20-14-8-12(17)11(7-13(14)18)15(19)9-3-5-10(16)6-4-9/h3-8,15H,2,19H2,1H3. The Balaban J connectivity index is 2.37. The Morgan fingerprint density at radius 2 is 1.70 bits per heavy atom. The van der Waals surface area contributed by atoms with Crippen LogP contribution in [0.25, 0.3) is 0 Å². The van der Waals surface area contributed by atoms with Gasteiger partial charge in [-0.25, -0.2) is 0 Å². The second-order valence-corrected chi connectivity index (χ2v) is 5.52. The molecular weight excluding hydrogens is 317 g/mol. The number of benzene rings is 2. The molecule has 0 heterocycles. The first-order chi connectivity index (χ1) is 9.52. The Morgan fingerprint density at radius 3 is 2.30 bits per heavy atom. The van der Waals surface area contributed by atoms with Gasteiger partial charge in [-0.2, -0.15) is 0 Å². The molecule has 2 aromatic rings. The molecule has 1 unspecified atom stereocenters. The van der Waals surface area contributed by atoms with Crippen LogP contribution in [0.1, 0.15) is 24.1 Å². The average Bonchev–Trinajstić information content (AvgIpc) is 2.43. The second-order valence-electron chi connectivity index (χ2n) is 4.27. The normalized spacial score (nSPS) is 12.2. The van der Waals surface area contributed by atoms with Gasteiger partial charge in [-0.15, -0.1) is 0 Å². The van der Waals surface area contributed by atoms with Crippen LogP contribution < -0.4 is 10.5 Å². The van der Waals surface area contributed by atoms with Crippen LogP contribution >= 0.6 is 34.8 Å². The van der Waals surface area contributed by atoms with Crippen molar-refractivity contribution in [2.45, 2.75) is 13.0 Å². The highest BCUT2D eigenvalue weighted by Gasteiger charge is 2.16. The van der Waals surface area contributed by atoms with Crippen molar-refractivity contribution in [1.29, 1.82) is 0 Å². The van der Waals surface area contributed by atoms with E-state index < -0.39 is 0 Å². The number of halogens is 3. The van der Waals surface area contributed by atoms with Crippen LogP contribution in [-0.2, 0) is 0 Å². The molecule has 2 nitrogen and oxygen atoms in total.